The van der Waals surface area contributed by atoms with Crippen molar-refractivity contribution in [3.8, 4) is 0 Å². The van der Waals surface area contributed by atoms with Crippen molar-refractivity contribution in [1.29, 1.82) is 0 Å². The van der Waals surface area contributed by atoms with Crippen LogP contribution in [-0.2, 0) is 9.59 Å². The summed E-state index contributed by atoms with van der Waals surface area (Å²) in [5, 5.41) is 12.2. The van der Waals surface area contributed by atoms with Crippen LogP contribution in [0.5, 0.6) is 0 Å². The average molecular weight is 281 g/mol. The minimum atomic E-state index is -0.747. The van der Waals surface area contributed by atoms with Crippen LogP contribution in [0.4, 0.5) is 0 Å². The zero-order chi connectivity index (χ0) is 14.6. The fraction of sp³-hybridized carbons (Fsp3) is 0.875. The molecule has 0 spiro atoms. The van der Waals surface area contributed by atoms with Gasteiger partial charge in [-0.15, -0.1) is 0 Å². The number of amides is 1. The molecular weight excluding hydrogens is 254 g/mol. The largest absolute Gasteiger partial charge is 0.481 e. The molecule has 0 radical (unpaired) electrons. The number of hydrogen-bond donors (Lipinski definition) is 2. The number of carboxylic acids is 1. The molecule has 0 bridgehead atoms. The standard InChI is InChI=1S/C16H27NO3/c1-2-16(8-3-4-9-16)11-17-14(18)12-6-5-7-13(10-12)15(19)20/h12-13H,2-11H2,1H3,(H,17,18)(H,19,20). The van der Waals surface area contributed by atoms with Crippen molar-refractivity contribution in [2.45, 2.75) is 64.7 Å². The van der Waals surface area contributed by atoms with Gasteiger partial charge in [-0.2, -0.15) is 0 Å². The molecule has 2 fully saturated rings. The van der Waals surface area contributed by atoms with Crippen molar-refractivity contribution in [3.63, 3.8) is 0 Å². The fourth-order valence-electron chi connectivity index (χ4n) is 3.85. The molecule has 0 heterocycles. The van der Waals surface area contributed by atoms with Gasteiger partial charge in [0.15, 0.2) is 0 Å². The molecule has 2 aliphatic carbocycles. The van der Waals surface area contributed by atoms with Crippen molar-refractivity contribution >= 4 is 11.9 Å². The summed E-state index contributed by atoms with van der Waals surface area (Å²) >= 11 is 0. The van der Waals surface area contributed by atoms with Crippen LogP contribution in [-0.4, -0.2) is 23.5 Å². The monoisotopic (exact) mass is 281 g/mol. The molecule has 0 saturated heterocycles. The Morgan fingerprint density at radius 1 is 1.15 bits per heavy atom. The molecular formula is C16H27NO3. The summed E-state index contributed by atoms with van der Waals surface area (Å²) in [5.41, 5.74) is 0.302. The Bertz CT molecular complexity index is 361. The smallest absolute Gasteiger partial charge is 0.306 e. The van der Waals surface area contributed by atoms with Crippen LogP contribution >= 0.6 is 0 Å². The number of carbonyl (C=O) groups is 2. The van der Waals surface area contributed by atoms with Gasteiger partial charge >= 0.3 is 5.97 Å². The van der Waals surface area contributed by atoms with Crippen molar-refractivity contribution in [1.82, 2.24) is 5.32 Å². The van der Waals surface area contributed by atoms with E-state index < -0.39 is 5.97 Å². The SMILES string of the molecule is CCC1(CNC(=O)C2CCCC(C(=O)O)C2)CCCC1. The highest BCUT2D eigenvalue weighted by molar-refractivity contribution is 5.80. The zero-order valence-electron chi connectivity index (χ0n) is 12.5. The summed E-state index contributed by atoms with van der Waals surface area (Å²) < 4.78 is 0. The molecule has 4 nitrogen and oxygen atoms in total. The lowest BCUT2D eigenvalue weighted by Crippen LogP contribution is -2.40. The Labute approximate surface area is 121 Å². The van der Waals surface area contributed by atoms with Gasteiger partial charge in [0.05, 0.1) is 5.92 Å². The molecule has 2 N–H and O–H groups in total. The van der Waals surface area contributed by atoms with Crippen LogP contribution in [0.3, 0.4) is 0 Å². The van der Waals surface area contributed by atoms with E-state index in [2.05, 4.69) is 12.2 Å². The van der Waals surface area contributed by atoms with Gasteiger partial charge in [0.2, 0.25) is 5.91 Å². The van der Waals surface area contributed by atoms with Crippen molar-refractivity contribution in [3.05, 3.63) is 0 Å². The van der Waals surface area contributed by atoms with E-state index in [1.165, 1.54) is 25.7 Å². The van der Waals surface area contributed by atoms with E-state index in [-0.39, 0.29) is 17.7 Å². The van der Waals surface area contributed by atoms with E-state index >= 15 is 0 Å². The second-order valence-electron chi connectivity index (χ2n) is 6.68. The van der Waals surface area contributed by atoms with Crippen LogP contribution < -0.4 is 5.32 Å². The maximum absolute atomic E-state index is 12.3. The third kappa shape index (κ3) is 3.53. The Morgan fingerprint density at radius 2 is 1.80 bits per heavy atom. The van der Waals surface area contributed by atoms with E-state index in [1.54, 1.807) is 0 Å². The van der Waals surface area contributed by atoms with E-state index in [0.717, 1.165) is 32.2 Å². The Kier molecular flexibility index (Phi) is 5.06. The predicted octanol–water partition coefficient (Wildman–Crippen LogP) is 2.96. The quantitative estimate of drug-likeness (QED) is 0.814. The van der Waals surface area contributed by atoms with Crippen molar-refractivity contribution in [2.75, 3.05) is 6.54 Å². The highest BCUT2D eigenvalue weighted by Crippen LogP contribution is 2.40. The topological polar surface area (TPSA) is 66.4 Å². The third-order valence-corrected chi connectivity index (χ3v) is 5.45. The minimum Gasteiger partial charge on any atom is -0.481 e. The van der Waals surface area contributed by atoms with E-state index in [4.69, 9.17) is 5.11 Å². The minimum absolute atomic E-state index is 0.0793. The summed E-state index contributed by atoms with van der Waals surface area (Å²) in [5.74, 6) is -1.09. The van der Waals surface area contributed by atoms with Crippen molar-refractivity contribution in [2.24, 2.45) is 17.3 Å². The van der Waals surface area contributed by atoms with Crippen LogP contribution in [0.25, 0.3) is 0 Å². The summed E-state index contributed by atoms with van der Waals surface area (Å²) in [6.07, 6.45) is 9.03. The second-order valence-corrected chi connectivity index (χ2v) is 6.68. The maximum atomic E-state index is 12.3. The molecule has 2 saturated carbocycles. The Hall–Kier alpha value is -1.06. The fourth-order valence-corrected chi connectivity index (χ4v) is 3.85. The first-order valence-corrected chi connectivity index (χ1v) is 8.07. The number of aliphatic carboxylic acids is 1. The number of carbonyl (C=O) groups excluding carboxylic acids is 1. The molecule has 2 aliphatic rings. The van der Waals surface area contributed by atoms with Crippen LogP contribution in [0.1, 0.15) is 64.7 Å². The first-order valence-electron chi connectivity index (χ1n) is 8.07. The van der Waals surface area contributed by atoms with Gasteiger partial charge < -0.3 is 10.4 Å². The van der Waals surface area contributed by atoms with E-state index in [1.807, 2.05) is 0 Å². The first kappa shape index (κ1) is 15.3. The molecule has 4 heteroatoms. The number of nitrogens with one attached hydrogen (secondary N) is 1. The maximum Gasteiger partial charge on any atom is 0.306 e. The van der Waals surface area contributed by atoms with Crippen LogP contribution in [0.2, 0.25) is 0 Å². The normalized spacial score (nSPS) is 29.1. The van der Waals surface area contributed by atoms with Crippen molar-refractivity contribution < 1.29 is 14.7 Å². The Balaban J connectivity index is 1.83. The van der Waals surface area contributed by atoms with Gasteiger partial charge in [0.25, 0.3) is 0 Å². The number of carboxylic acid groups (broad SMARTS) is 1. The molecule has 2 rings (SSSR count). The molecule has 0 aromatic rings. The number of hydrogen-bond acceptors (Lipinski definition) is 2. The molecule has 20 heavy (non-hydrogen) atoms. The van der Waals surface area contributed by atoms with Gasteiger partial charge in [0, 0.05) is 12.5 Å². The zero-order valence-corrected chi connectivity index (χ0v) is 12.5. The number of rotatable bonds is 5. The lowest BCUT2D eigenvalue weighted by Gasteiger charge is -2.30. The van der Waals surface area contributed by atoms with E-state index in [9.17, 15) is 9.59 Å². The average Bonchev–Trinajstić information content (AvgIpc) is 2.94. The van der Waals surface area contributed by atoms with Gasteiger partial charge in [-0.05, 0) is 43.9 Å². The highest BCUT2D eigenvalue weighted by Gasteiger charge is 2.35. The van der Waals surface area contributed by atoms with Gasteiger partial charge in [0.1, 0.15) is 0 Å². The Morgan fingerprint density at radius 3 is 2.40 bits per heavy atom. The molecule has 1 amide bonds. The molecule has 0 aromatic heterocycles. The van der Waals surface area contributed by atoms with Gasteiger partial charge in [-0.1, -0.05) is 26.2 Å². The molecule has 0 aromatic carbocycles. The summed E-state index contributed by atoms with van der Waals surface area (Å²) in [7, 11) is 0. The molecule has 2 unspecified atom stereocenters. The van der Waals surface area contributed by atoms with Crippen LogP contribution in [0.15, 0.2) is 0 Å². The molecule has 0 aliphatic heterocycles. The molecule has 2 atom stereocenters. The summed E-state index contributed by atoms with van der Waals surface area (Å²) in [6, 6.07) is 0. The predicted molar refractivity (Wildman–Crippen MR) is 77.3 cm³/mol. The summed E-state index contributed by atoms with van der Waals surface area (Å²) in [4.78, 5) is 23.3. The summed E-state index contributed by atoms with van der Waals surface area (Å²) in [6.45, 7) is 2.98. The third-order valence-electron chi connectivity index (χ3n) is 5.45. The first-order chi connectivity index (χ1) is 9.56. The lowest BCUT2D eigenvalue weighted by molar-refractivity contribution is -0.144. The lowest BCUT2D eigenvalue weighted by atomic mass is 9.80. The van der Waals surface area contributed by atoms with Crippen LogP contribution in [0, 0.1) is 17.3 Å². The molecule has 114 valence electrons. The van der Waals surface area contributed by atoms with Gasteiger partial charge in [-0.3, -0.25) is 9.59 Å². The second kappa shape index (κ2) is 6.59. The van der Waals surface area contributed by atoms with Gasteiger partial charge in [-0.25, -0.2) is 0 Å². The highest BCUT2D eigenvalue weighted by atomic mass is 16.4. The van der Waals surface area contributed by atoms with E-state index in [0.29, 0.717) is 11.8 Å².